The molecule has 0 saturated heterocycles. The zero-order valence-electron chi connectivity index (χ0n) is 23.3. The maximum Gasteiger partial charge on any atom is 0.400 e. The summed E-state index contributed by atoms with van der Waals surface area (Å²) in [7, 11) is 0. The molecule has 0 unspecified atom stereocenters. The van der Waals surface area contributed by atoms with Crippen molar-refractivity contribution in [1.29, 1.82) is 0 Å². The van der Waals surface area contributed by atoms with Crippen molar-refractivity contribution in [1.82, 2.24) is 0 Å². The molecule has 0 spiro atoms. The Labute approximate surface area is 218 Å². The lowest BCUT2D eigenvalue weighted by Gasteiger charge is -2.54. The third kappa shape index (κ3) is 5.83. The van der Waals surface area contributed by atoms with Gasteiger partial charge in [0.15, 0.2) is 0 Å². The minimum absolute atomic E-state index is 0.0336. The minimum atomic E-state index is -3.14. The van der Waals surface area contributed by atoms with Crippen molar-refractivity contribution in [2.75, 3.05) is 0 Å². The molecule has 4 heteroatoms. The molecule has 3 saturated carbocycles. The van der Waals surface area contributed by atoms with Crippen molar-refractivity contribution in [3.05, 3.63) is 29.8 Å². The zero-order chi connectivity index (χ0) is 26.1. The van der Waals surface area contributed by atoms with Gasteiger partial charge in [0.2, 0.25) is 0 Å². The Bertz CT molecular complexity index is 862. The van der Waals surface area contributed by atoms with Crippen molar-refractivity contribution in [3.8, 4) is 5.75 Å². The van der Waals surface area contributed by atoms with Gasteiger partial charge in [-0.15, -0.1) is 0 Å². The van der Waals surface area contributed by atoms with Gasteiger partial charge in [0.25, 0.3) is 0 Å². The molecule has 3 aliphatic carbocycles. The van der Waals surface area contributed by atoms with E-state index in [1.165, 1.54) is 31.2 Å². The fourth-order valence-electron chi connectivity index (χ4n) is 7.51. The van der Waals surface area contributed by atoms with Crippen LogP contribution in [0.2, 0.25) is 0 Å². The lowest BCUT2D eigenvalue weighted by Crippen LogP contribution is -2.47. The van der Waals surface area contributed by atoms with Crippen LogP contribution >= 0.6 is 0 Å². The van der Waals surface area contributed by atoms with Crippen LogP contribution in [0.1, 0.15) is 123 Å². The Balaban J connectivity index is 1.32. The van der Waals surface area contributed by atoms with Crippen molar-refractivity contribution in [3.63, 3.8) is 0 Å². The Kier molecular flexibility index (Phi) is 8.22. The maximum atomic E-state index is 15.2. The number of Topliss-reactive ketones (excluding diaryl/α,β-unsaturated/α-hetero) is 1. The number of carbonyl (C=O) groups excluding carboxylic acids is 1. The molecule has 202 valence electrons. The van der Waals surface area contributed by atoms with Gasteiger partial charge in [-0.3, -0.25) is 4.79 Å². The van der Waals surface area contributed by atoms with Gasteiger partial charge in [-0.1, -0.05) is 59.6 Å². The SMILES string of the molecule is CC1CCC(c2ccc(OC(F)(F)C3CCC(C(C)(C)C(C)(C)C4CCC(=O)CC4)CC3)cc2)CC1. The van der Waals surface area contributed by atoms with Gasteiger partial charge in [0, 0.05) is 12.8 Å². The average molecular weight is 503 g/mol. The number of carbonyl (C=O) groups is 1. The molecule has 0 atom stereocenters. The summed E-state index contributed by atoms with van der Waals surface area (Å²) in [6, 6.07) is 7.47. The smallest absolute Gasteiger partial charge is 0.400 e. The molecule has 0 aliphatic heterocycles. The van der Waals surface area contributed by atoms with Crippen LogP contribution in [0.4, 0.5) is 8.78 Å². The number of ether oxygens (including phenoxy) is 1. The van der Waals surface area contributed by atoms with Crippen LogP contribution in [-0.4, -0.2) is 11.9 Å². The van der Waals surface area contributed by atoms with Crippen LogP contribution in [-0.2, 0) is 4.79 Å². The van der Waals surface area contributed by atoms with Crippen molar-refractivity contribution in [2.24, 2.45) is 34.5 Å². The van der Waals surface area contributed by atoms with E-state index in [-0.39, 0.29) is 16.6 Å². The molecule has 0 radical (unpaired) electrons. The number of benzene rings is 1. The Morgan fingerprint density at radius 2 is 1.17 bits per heavy atom. The third-order valence-electron chi connectivity index (χ3n) is 11.1. The predicted molar refractivity (Wildman–Crippen MR) is 142 cm³/mol. The largest absolute Gasteiger partial charge is 0.432 e. The number of halogens is 2. The van der Waals surface area contributed by atoms with Crippen LogP contribution in [0.15, 0.2) is 24.3 Å². The Morgan fingerprint density at radius 3 is 1.69 bits per heavy atom. The first kappa shape index (κ1) is 27.6. The van der Waals surface area contributed by atoms with Gasteiger partial charge in [0.1, 0.15) is 11.5 Å². The second-order valence-corrected chi connectivity index (χ2v) is 13.5. The van der Waals surface area contributed by atoms with Gasteiger partial charge in [0.05, 0.1) is 5.92 Å². The molecule has 0 amide bonds. The fraction of sp³-hybridized carbons (Fsp3) is 0.781. The van der Waals surface area contributed by atoms with Crippen LogP contribution < -0.4 is 4.74 Å². The molecular formula is C32H48F2O2. The van der Waals surface area contributed by atoms with E-state index < -0.39 is 12.0 Å². The number of hydrogen-bond donors (Lipinski definition) is 0. The first-order valence-electron chi connectivity index (χ1n) is 14.6. The minimum Gasteiger partial charge on any atom is -0.432 e. The standard InChI is InChI=1S/C32H48F2O2/c1-22-6-8-23(9-7-22)24-10-20-29(21-11-24)36-32(33,34)27-14-12-25(13-15-27)30(2,3)31(4,5)26-16-18-28(35)19-17-26/h10-11,20-23,25-27H,6-9,12-19H2,1-5H3. The van der Waals surface area contributed by atoms with E-state index in [1.807, 2.05) is 12.1 Å². The van der Waals surface area contributed by atoms with E-state index >= 15 is 8.78 Å². The molecule has 0 heterocycles. The average Bonchev–Trinajstić information content (AvgIpc) is 2.85. The van der Waals surface area contributed by atoms with Gasteiger partial charge in [-0.25, -0.2) is 0 Å². The van der Waals surface area contributed by atoms with Gasteiger partial charge >= 0.3 is 6.11 Å². The summed E-state index contributed by atoms with van der Waals surface area (Å²) >= 11 is 0. The fourth-order valence-corrected chi connectivity index (χ4v) is 7.51. The number of hydrogen-bond acceptors (Lipinski definition) is 2. The van der Waals surface area contributed by atoms with E-state index in [0.717, 1.165) is 31.6 Å². The number of ketones is 1. The van der Waals surface area contributed by atoms with Crippen LogP contribution in [0.25, 0.3) is 0 Å². The van der Waals surface area contributed by atoms with E-state index in [4.69, 9.17) is 4.74 Å². The monoisotopic (exact) mass is 502 g/mol. The van der Waals surface area contributed by atoms with Crippen LogP contribution in [0, 0.1) is 34.5 Å². The van der Waals surface area contributed by atoms with E-state index in [2.05, 4.69) is 34.6 Å². The molecule has 36 heavy (non-hydrogen) atoms. The van der Waals surface area contributed by atoms with Crippen molar-refractivity contribution >= 4 is 5.78 Å². The Morgan fingerprint density at radius 1 is 0.694 bits per heavy atom. The highest BCUT2D eigenvalue weighted by molar-refractivity contribution is 5.79. The molecule has 0 bridgehead atoms. The quantitative estimate of drug-likeness (QED) is 0.371. The summed E-state index contributed by atoms with van der Waals surface area (Å²) in [5.41, 5.74) is 1.36. The summed E-state index contributed by atoms with van der Waals surface area (Å²) in [5.74, 6) is 2.21. The summed E-state index contributed by atoms with van der Waals surface area (Å²) in [4.78, 5) is 11.8. The molecule has 1 aromatic carbocycles. The first-order valence-corrected chi connectivity index (χ1v) is 14.6. The molecule has 2 nitrogen and oxygen atoms in total. The highest BCUT2D eigenvalue weighted by Gasteiger charge is 2.51. The highest BCUT2D eigenvalue weighted by atomic mass is 19.3. The first-order chi connectivity index (χ1) is 16.9. The second kappa shape index (κ2) is 10.7. The normalized spacial score (nSPS) is 29.2. The van der Waals surface area contributed by atoms with Gasteiger partial charge < -0.3 is 4.74 Å². The highest BCUT2D eigenvalue weighted by Crippen LogP contribution is 2.57. The molecule has 4 rings (SSSR count). The molecule has 1 aromatic rings. The molecule has 0 aromatic heterocycles. The molecule has 3 aliphatic rings. The Hall–Kier alpha value is -1.45. The number of alkyl halides is 2. The van der Waals surface area contributed by atoms with Crippen molar-refractivity contribution in [2.45, 2.75) is 124 Å². The zero-order valence-corrected chi connectivity index (χ0v) is 23.3. The van der Waals surface area contributed by atoms with Crippen LogP contribution in [0.5, 0.6) is 5.75 Å². The number of rotatable bonds is 7. The van der Waals surface area contributed by atoms with Gasteiger partial charge in [-0.05, 0) is 104 Å². The summed E-state index contributed by atoms with van der Waals surface area (Å²) < 4.78 is 35.8. The second-order valence-electron chi connectivity index (χ2n) is 13.5. The lowest BCUT2D eigenvalue weighted by atomic mass is 9.51. The van der Waals surface area contributed by atoms with E-state index in [9.17, 15) is 4.79 Å². The maximum absolute atomic E-state index is 15.2. The van der Waals surface area contributed by atoms with Crippen molar-refractivity contribution < 1.29 is 18.3 Å². The van der Waals surface area contributed by atoms with Crippen LogP contribution in [0.3, 0.4) is 0 Å². The third-order valence-corrected chi connectivity index (χ3v) is 11.1. The predicted octanol–water partition coefficient (Wildman–Crippen LogP) is 9.57. The van der Waals surface area contributed by atoms with E-state index in [1.54, 1.807) is 12.1 Å². The van der Waals surface area contributed by atoms with Gasteiger partial charge in [-0.2, -0.15) is 8.78 Å². The molecular weight excluding hydrogens is 454 g/mol. The summed E-state index contributed by atoms with van der Waals surface area (Å²) in [6.07, 6.45) is 7.67. The topological polar surface area (TPSA) is 26.3 Å². The summed E-state index contributed by atoms with van der Waals surface area (Å²) in [6.45, 7) is 11.7. The molecule has 3 fully saturated rings. The summed E-state index contributed by atoms with van der Waals surface area (Å²) in [5, 5.41) is 0. The van der Waals surface area contributed by atoms with E-state index in [0.29, 0.717) is 49.2 Å². The lowest BCUT2D eigenvalue weighted by molar-refractivity contribution is -0.226. The molecule has 0 N–H and O–H groups in total.